The molecule has 0 aliphatic carbocycles. The van der Waals surface area contributed by atoms with E-state index in [-0.39, 0.29) is 17.6 Å². The molecule has 1 aromatic rings. The molecular weight excluding hydrogens is 264 g/mol. The summed E-state index contributed by atoms with van der Waals surface area (Å²) in [7, 11) is 2.11. The van der Waals surface area contributed by atoms with Crippen LogP contribution in [0.25, 0.3) is 6.08 Å². The predicted molar refractivity (Wildman–Crippen MR) is 70.7 cm³/mol. The van der Waals surface area contributed by atoms with Crippen molar-refractivity contribution in [3.8, 4) is 0 Å². The summed E-state index contributed by atoms with van der Waals surface area (Å²) in [6.07, 6.45) is 2.71. The normalized spacial score (nSPS) is 17.4. The molecule has 0 unspecified atom stereocenters. The van der Waals surface area contributed by atoms with Crippen LogP contribution in [-0.2, 0) is 4.79 Å². The van der Waals surface area contributed by atoms with Crippen molar-refractivity contribution in [2.45, 2.75) is 0 Å². The Balaban J connectivity index is 1.84. The van der Waals surface area contributed by atoms with Gasteiger partial charge in [-0.2, -0.15) is 0 Å². The van der Waals surface area contributed by atoms with Crippen LogP contribution in [0.1, 0.15) is 5.76 Å². The van der Waals surface area contributed by atoms with Gasteiger partial charge in [0.1, 0.15) is 10.7 Å². The number of nitrogens with one attached hydrogen (secondary N) is 2. The summed E-state index contributed by atoms with van der Waals surface area (Å²) < 4.78 is 4.92. The number of carbonyl (C=O) groups excluding carboxylic acids is 1. The molecule has 1 aliphatic rings. The first-order chi connectivity index (χ1) is 9.54. The van der Waals surface area contributed by atoms with Gasteiger partial charge in [0.2, 0.25) is 0 Å². The zero-order valence-electron chi connectivity index (χ0n) is 11.2. The van der Waals surface area contributed by atoms with Crippen LogP contribution in [-0.4, -0.2) is 49.1 Å². The molecule has 0 spiro atoms. The second-order valence-electron chi connectivity index (χ2n) is 4.69. The molecule has 1 fully saturated rings. The van der Waals surface area contributed by atoms with E-state index in [0.29, 0.717) is 0 Å². The van der Waals surface area contributed by atoms with E-state index in [1.165, 1.54) is 29.2 Å². The molecule has 20 heavy (non-hydrogen) atoms. The van der Waals surface area contributed by atoms with Gasteiger partial charge in [0.05, 0.1) is 39.3 Å². The zero-order valence-corrected chi connectivity index (χ0v) is 11.2. The second kappa shape index (κ2) is 6.31. The van der Waals surface area contributed by atoms with Crippen molar-refractivity contribution in [2.75, 3.05) is 33.2 Å². The Morgan fingerprint density at radius 1 is 1.50 bits per heavy atom. The van der Waals surface area contributed by atoms with Gasteiger partial charge in [-0.25, -0.2) is 5.01 Å². The van der Waals surface area contributed by atoms with Crippen molar-refractivity contribution in [1.29, 1.82) is 0 Å². The fraction of sp³-hybridized carbons (Fsp3) is 0.417. The predicted octanol–water partition coefficient (Wildman–Crippen LogP) is -0.937. The topological polar surface area (TPSA) is 93.1 Å². The smallest absolute Gasteiger partial charge is 0.401 e. The number of hydrazine groups is 1. The van der Waals surface area contributed by atoms with Crippen molar-refractivity contribution in [2.24, 2.45) is 0 Å². The minimum Gasteiger partial charge on any atom is -0.401 e. The van der Waals surface area contributed by atoms with Gasteiger partial charge >= 0.3 is 5.88 Å². The van der Waals surface area contributed by atoms with Gasteiger partial charge in [-0.05, 0) is 12.1 Å². The Bertz CT molecular complexity index is 517. The first-order valence-electron chi connectivity index (χ1n) is 6.34. The van der Waals surface area contributed by atoms with Gasteiger partial charge in [-0.1, -0.05) is 0 Å². The van der Waals surface area contributed by atoms with Crippen molar-refractivity contribution in [1.82, 2.24) is 10.4 Å². The van der Waals surface area contributed by atoms with E-state index >= 15 is 0 Å². The lowest BCUT2D eigenvalue weighted by Gasteiger charge is -2.29. The molecule has 2 N–H and O–H groups in total. The lowest BCUT2D eigenvalue weighted by atomic mass is 10.3. The summed E-state index contributed by atoms with van der Waals surface area (Å²) in [4.78, 5) is 22.9. The third-order valence-electron chi connectivity index (χ3n) is 3.08. The van der Waals surface area contributed by atoms with Crippen LogP contribution >= 0.6 is 0 Å². The first kappa shape index (κ1) is 14.2. The van der Waals surface area contributed by atoms with Crippen molar-refractivity contribution in [3.63, 3.8) is 0 Å². The Labute approximate surface area is 115 Å². The molecule has 108 valence electrons. The minimum atomic E-state index is -0.621. The van der Waals surface area contributed by atoms with Crippen molar-refractivity contribution in [3.05, 3.63) is 34.1 Å². The first-order valence-corrected chi connectivity index (χ1v) is 6.34. The van der Waals surface area contributed by atoms with Crippen molar-refractivity contribution >= 4 is 17.9 Å². The molecule has 0 aromatic carbocycles. The molecular formula is C12H17N4O4+. The summed E-state index contributed by atoms with van der Waals surface area (Å²) in [6.45, 7) is 3.57. The lowest BCUT2D eigenvalue weighted by molar-refractivity contribution is -0.884. The van der Waals surface area contributed by atoms with Gasteiger partial charge in [0, 0.05) is 6.08 Å². The maximum Gasteiger partial charge on any atom is 0.433 e. The molecule has 1 aliphatic heterocycles. The molecule has 8 heteroatoms. The highest BCUT2D eigenvalue weighted by Crippen LogP contribution is 2.16. The largest absolute Gasteiger partial charge is 0.433 e. The standard InChI is InChI=1S/C12H16N4O4/c1-14-6-8-15(9-7-14)13-11(17)4-2-10-3-5-12(20-10)16(18)19/h2-5H,6-9H2,1H3,(H,13,17)/p+1/b4-2+. The SMILES string of the molecule is C[NH+]1CCN(NC(=O)/C=C/c2ccc([N+](=O)[O-])o2)CC1. The Morgan fingerprint density at radius 3 is 2.80 bits per heavy atom. The quantitative estimate of drug-likeness (QED) is 0.422. The van der Waals surface area contributed by atoms with E-state index in [1.807, 2.05) is 5.01 Å². The molecule has 0 saturated carbocycles. The zero-order chi connectivity index (χ0) is 14.5. The van der Waals surface area contributed by atoms with E-state index in [9.17, 15) is 14.9 Å². The van der Waals surface area contributed by atoms with Crippen molar-refractivity contribution < 1.29 is 19.0 Å². The number of hydrogen-bond donors (Lipinski definition) is 2. The second-order valence-corrected chi connectivity index (χ2v) is 4.69. The van der Waals surface area contributed by atoms with Crippen LogP contribution in [0, 0.1) is 10.1 Å². The number of amides is 1. The highest BCUT2D eigenvalue weighted by Gasteiger charge is 2.17. The summed E-state index contributed by atoms with van der Waals surface area (Å²) in [6, 6.07) is 2.70. The minimum absolute atomic E-state index is 0.273. The van der Waals surface area contributed by atoms with E-state index in [0.717, 1.165) is 26.2 Å². The van der Waals surface area contributed by atoms with Crippen LogP contribution in [0.5, 0.6) is 0 Å². The summed E-state index contributed by atoms with van der Waals surface area (Å²) in [5.41, 5.74) is 2.76. The van der Waals surface area contributed by atoms with Crippen LogP contribution in [0.2, 0.25) is 0 Å². The van der Waals surface area contributed by atoms with E-state index < -0.39 is 4.92 Å². The molecule has 0 radical (unpaired) electrons. The average Bonchev–Trinajstić information content (AvgIpc) is 2.88. The fourth-order valence-corrected chi connectivity index (χ4v) is 1.88. The fourth-order valence-electron chi connectivity index (χ4n) is 1.88. The molecule has 2 rings (SSSR count). The van der Waals surface area contributed by atoms with Gasteiger partial charge in [-0.15, -0.1) is 0 Å². The van der Waals surface area contributed by atoms with Crippen LogP contribution < -0.4 is 10.3 Å². The van der Waals surface area contributed by atoms with Gasteiger partial charge < -0.3 is 9.32 Å². The number of hydrogen-bond acceptors (Lipinski definition) is 5. The van der Waals surface area contributed by atoms with E-state index in [2.05, 4.69) is 12.5 Å². The lowest BCUT2D eigenvalue weighted by Crippen LogP contribution is -3.12. The molecule has 1 aromatic heterocycles. The molecule has 1 amide bonds. The number of furan rings is 1. The number of nitrogens with zero attached hydrogens (tertiary/aromatic N) is 2. The highest BCUT2D eigenvalue weighted by molar-refractivity contribution is 5.91. The highest BCUT2D eigenvalue weighted by atomic mass is 16.6. The van der Waals surface area contributed by atoms with Crippen LogP contribution in [0.15, 0.2) is 22.6 Å². The summed E-state index contributed by atoms with van der Waals surface area (Å²) >= 11 is 0. The monoisotopic (exact) mass is 281 g/mol. The van der Waals surface area contributed by atoms with Gasteiger partial charge in [0.15, 0.2) is 0 Å². The molecule has 0 atom stereocenters. The van der Waals surface area contributed by atoms with Gasteiger partial charge in [-0.3, -0.25) is 20.3 Å². The Kier molecular flexibility index (Phi) is 4.49. The average molecular weight is 281 g/mol. The Hall–Kier alpha value is -2.19. The third-order valence-corrected chi connectivity index (χ3v) is 3.08. The van der Waals surface area contributed by atoms with Crippen LogP contribution in [0.4, 0.5) is 5.88 Å². The van der Waals surface area contributed by atoms with Gasteiger partial charge in [0.25, 0.3) is 5.91 Å². The van der Waals surface area contributed by atoms with E-state index in [1.54, 1.807) is 0 Å². The summed E-state index contributed by atoms with van der Waals surface area (Å²) in [5.74, 6) is -0.342. The molecule has 1 saturated heterocycles. The number of rotatable bonds is 4. The maximum atomic E-state index is 11.7. The number of piperazine rings is 1. The molecule has 8 nitrogen and oxygen atoms in total. The maximum absolute atomic E-state index is 11.7. The number of carbonyl (C=O) groups is 1. The number of quaternary nitrogens is 1. The number of likely N-dealkylation sites (N-methyl/N-ethyl adjacent to an activating group) is 1. The Morgan fingerprint density at radius 2 is 2.20 bits per heavy atom. The molecule has 2 heterocycles. The van der Waals surface area contributed by atoms with Crippen LogP contribution in [0.3, 0.4) is 0 Å². The number of nitro groups is 1. The molecule has 0 bridgehead atoms. The summed E-state index contributed by atoms with van der Waals surface area (Å²) in [5, 5.41) is 12.3. The third kappa shape index (κ3) is 3.90. The van der Waals surface area contributed by atoms with E-state index in [4.69, 9.17) is 4.42 Å².